The van der Waals surface area contributed by atoms with Crippen molar-refractivity contribution in [1.29, 1.82) is 0 Å². The van der Waals surface area contributed by atoms with Gasteiger partial charge in [0.2, 0.25) is 10.0 Å². The van der Waals surface area contributed by atoms with Gasteiger partial charge in [-0.2, -0.15) is 11.8 Å². The molecule has 3 N–H and O–H groups in total. The molecule has 108 valence electrons. The summed E-state index contributed by atoms with van der Waals surface area (Å²) in [5, 5.41) is 9.12. The number of nitrogens with two attached hydrogens (primary N) is 1. The molecule has 0 bridgehead atoms. The lowest BCUT2D eigenvalue weighted by molar-refractivity contribution is 0.594. The summed E-state index contributed by atoms with van der Waals surface area (Å²) in [6.07, 6.45) is 0. The van der Waals surface area contributed by atoms with Crippen LogP contribution in [-0.2, 0) is 10.0 Å². The van der Waals surface area contributed by atoms with Crippen LogP contribution >= 0.6 is 11.8 Å². The maximum Gasteiger partial charge on any atom is 0.238 e. The molecule has 0 aromatic heterocycles. The van der Waals surface area contributed by atoms with Gasteiger partial charge in [0, 0.05) is 18.3 Å². The molecule has 19 heavy (non-hydrogen) atoms. The average molecular weight is 302 g/mol. The van der Waals surface area contributed by atoms with Crippen molar-refractivity contribution in [3.05, 3.63) is 29.8 Å². The minimum Gasteiger partial charge on any atom is -0.309 e. The maximum absolute atomic E-state index is 11.1. The van der Waals surface area contributed by atoms with Crippen LogP contribution in [0.5, 0.6) is 0 Å². The molecule has 6 heteroatoms. The molecule has 1 aromatic rings. The van der Waals surface area contributed by atoms with Crippen molar-refractivity contribution in [2.75, 3.05) is 12.3 Å². The normalized spacial score (nSPS) is 13.7. The minimum absolute atomic E-state index is 0.152. The fourth-order valence-corrected chi connectivity index (χ4v) is 2.86. The Bertz CT molecular complexity index is 484. The highest BCUT2D eigenvalue weighted by molar-refractivity contribution is 7.99. The quantitative estimate of drug-likeness (QED) is 0.757. The topological polar surface area (TPSA) is 72.2 Å². The molecule has 0 aliphatic rings. The van der Waals surface area contributed by atoms with E-state index in [0.29, 0.717) is 5.25 Å². The first-order chi connectivity index (χ1) is 8.80. The maximum atomic E-state index is 11.1. The SMILES string of the molecule is CC(C)SCCN[C@H](C)c1ccc(S(N)(=O)=O)cc1. The number of primary sulfonamides is 1. The number of hydrogen-bond acceptors (Lipinski definition) is 4. The van der Waals surface area contributed by atoms with E-state index in [0.717, 1.165) is 17.9 Å². The van der Waals surface area contributed by atoms with Crippen molar-refractivity contribution in [3.63, 3.8) is 0 Å². The van der Waals surface area contributed by atoms with Gasteiger partial charge in [-0.05, 0) is 29.9 Å². The summed E-state index contributed by atoms with van der Waals surface area (Å²) < 4.78 is 22.3. The van der Waals surface area contributed by atoms with Gasteiger partial charge in [0.05, 0.1) is 4.90 Å². The van der Waals surface area contributed by atoms with E-state index in [1.165, 1.54) is 0 Å². The van der Waals surface area contributed by atoms with Crippen LogP contribution < -0.4 is 10.5 Å². The summed E-state index contributed by atoms with van der Waals surface area (Å²) in [5.41, 5.74) is 1.06. The Morgan fingerprint density at radius 2 is 1.79 bits per heavy atom. The van der Waals surface area contributed by atoms with E-state index in [4.69, 9.17) is 5.14 Å². The summed E-state index contributed by atoms with van der Waals surface area (Å²) in [7, 11) is -3.60. The van der Waals surface area contributed by atoms with Gasteiger partial charge in [-0.3, -0.25) is 0 Å². The monoisotopic (exact) mass is 302 g/mol. The van der Waals surface area contributed by atoms with E-state index >= 15 is 0 Å². The highest BCUT2D eigenvalue weighted by atomic mass is 32.2. The van der Waals surface area contributed by atoms with Crippen molar-refractivity contribution >= 4 is 21.8 Å². The van der Waals surface area contributed by atoms with E-state index in [9.17, 15) is 8.42 Å². The highest BCUT2D eigenvalue weighted by Crippen LogP contribution is 2.15. The first kappa shape index (κ1) is 16.5. The third kappa shape index (κ3) is 5.95. The zero-order chi connectivity index (χ0) is 14.5. The van der Waals surface area contributed by atoms with Crippen molar-refractivity contribution in [2.45, 2.75) is 37.0 Å². The molecule has 1 atom stereocenters. The highest BCUT2D eigenvalue weighted by Gasteiger charge is 2.09. The molecule has 0 unspecified atom stereocenters. The Kier molecular flexibility index (Phi) is 6.32. The summed E-state index contributed by atoms with van der Waals surface area (Å²) in [5.74, 6) is 1.07. The zero-order valence-electron chi connectivity index (χ0n) is 11.6. The fraction of sp³-hybridized carbons (Fsp3) is 0.538. The number of thioether (sulfide) groups is 1. The lowest BCUT2D eigenvalue weighted by Crippen LogP contribution is -2.22. The van der Waals surface area contributed by atoms with Crippen LogP contribution in [0.3, 0.4) is 0 Å². The third-order valence-corrected chi connectivity index (χ3v) is 4.75. The summed E-state index contributed by atoms with van der Waals surface area (Å²) in [4.78, 5) is 0.152. The van der Waals surface area contributed by atoms with Crippen molar-refractivity contribution in [3.8, 4) is 0 Å². The molecule has 0 spiro atoms. The molecular formula is C13H22N2O2S2. The van der Waals surface area contributed by atoms with Gasteiger partial charge in [0.15, 0.2) is 0 Å². The van der Waals surface area contributed by atoms with Gasteiger partial charge in [0.25, 0.3) is 0 Å². The van der Waals surface area contributed by atoms with E-state index in [-0.39, 0.29) is 10.9 Å². The zero-order valence-corrected chi connectivity index (χ0v) is 13.2. The van der Waals surface area contributed by atoms with E-state index in [1.807, 2.05) is 11.8 Å². The lowest BCUT2D eigenvalue weighted by atomic mass is 10.1. The fourth-order valence-electron chi connectivity index (χ4n) is 1.63. The van der Waals surface area contributed by atoms with Crippen LogP contribution in [0.4, 0.5) is 0 Å². The van der Waals surface area contributed by atoms with Crippen molar-refractivity contribution in [2.24, 2.45) is 5.14 Å². The second-order valence-corrected chi connectivity index (χ2v) is 7.96. The molecule has 4 nitrogen and oxygen atoms in total. The van der Waals surface area contributed by atoms with Gasteiger partial charge < -0.3 is 5.32 Å². The molecular weight excluding hydrogens is 280 g/mol. The molecule has 1 rings (SSSR count). The molecule has 0 aliphatic heterocycles. The van der Waals surface area contributed by atoms with Crippen LogP contribution in [0.15, 0.2) is 29.2 Å². The molecule has 0 fully saturated rings. The van der Waals surface area contributed by atoms with Crippen molar-refractivity contribution in [1.82, 2.24) is 5.32 Å². The van der Waals surface area contributed by atoms with Gasteiger partial charge in [-0.1, -0.05) is 26.0 Å². The Labute approximate surface area is 120 Å². The van der Waals surface area contributed by atoms with Gasteiger partial charge >= 0.3 is 0 Å². The van der Waals surface area contributed by atoms with Crippen LogP contribution in [0.2, 0.25) is 0 Å². The smallest absolute Gasteiger partial charge is 0.238 e. The van der Waals surface area contributed by atoms with Gasteiger partial charge in [-0.15, -0.1) is 0 Å². The summed E-state index contributed by atoms with van der Waals surface area (Å²) >= 11 is 1.92. The van der Waals surface area contributed by atoms with Crippen LogP contribution in [0.25, 0.3) is 0 Å². The number of hydrogen-bond donors (Lipinski definition) is 2. The number of nitrogens with one attached hydrogen (secondary N) is 1. The van der Waals surface area contributed by atoms with Crippen LogP contribution in [-0.4, -0.2) is 26.0 Å². The number of rotatable bonds is 7. The molecule has 0 radical (unpaired) electrons. The van der Waals surface area contributed by atoms with Gasteiger partial charge in [-0.25, -0.2) is 13.6 Å². The second-order valence-electron chi connectivity index (χ2n) is 4.71. The number of benzene rings is 1. The first-order valence-electron chi connectivity index (χ1n) is 6.28. The molecule has 0 aliphatic carbocycles. The predicted octanol–water partition coefficient (Wildman–Crippen LogP) is 2.13. The Morgan fingerprint density at radius 1 is 1.21 bits per heavy atom. The second kappa shape index (κ2) is 7.28. The number of sulfonamides is 1. The first-order valence-corrected chi connectivity index (χ1v) is 8.88. The molecule has 0 amide bonds. The standard InChI is InChI=1S/C13H22N2O2S2/c1-10(2)18-9-8-15-11(3)12-4-6-13(7-5-12)19(14,16)17/h4-7,10-11,15H,8-9H2,1-3H3,(H2,14,16,17)/t11-/m1/s1. The third-order valence-electron chi connectivity index (χ3n) is 2.71. The van der Waals surface area contributed by atoms with Crippen LogP contribution in [0, 0.1) is 0 Å². The van der Waals surface area contributed by atoms with Gasteiger partial charge in [0.1, 0.15) is 0 Å². The molecule has 0 heterocycles. The molecule has 1 aromatic carbocycles. The Balaban J connectivity index is 2.51. The average Bonchev–Trinajstić information content (AvgIpc) is 2.33. The summed E-state index contributed by atoms with van der Waals surface area (Å²) in [6.45, 7) is 7.35. The minimum atomic E-state index is -3.60. The largest absolute Gasteiger partial charge is 0.309 e. The van der Waals surface area contributed by atoms with Crippen molar-refractivity contribution < 1.29 is 8.42 Å². The van der Waals surface area contributed by atoms with Crippen LogP contribution in [0.1, 0.15) is 32.4 Å². The molecule has 0 saturated carbocycles. The van der Waals surface area contributed by atoms with E-state index < -0.39 is 10.0 Å². The molecule has 0 saturated heterocycles. The van der Waals surface area contributed by atoms with E-state index in [2.05, 4.69) is 26.1 Å². The predicted molar refractivity (Wildman–Crippen MR) is 81.8 cm³/mol. The van der Waals surface area contributed by atoms with E-state index in [1.54, 1.807) is 24.3 Å². The Hall–Kier alpha value is -0.560. The summed E-state index contributed by atoms with van der Waals surface area (Å²) in [6, 6.07) is 6.89. The Morgan fingerprint density at radius 3 is 2.26 bits per heavy atom. The lowest BCUT2D eigenvalue weighted by Gasteiger charge is -2.15.